The molecule has 0 saturated carbocycles. The normalized spacial score (nSPS) is 22.2. The molecule has 1 saturated heterocycles. The topological polar surface area (TPSA) is 99.6 Å². The molecule has 3 aromatic carbocycles. The number of para-hydroxylation sites is 1. The Morgan fingerprint density at radius 2 is 1.72 bits per heavy atom. The fourth-order valence-corrected chi connectivity index (χ4v) is 5.76. The molecule has 2 aliphatic heterocycles. The first-order valence-electron chi connectivity index (χ1n) is 12.0. The van der Waals surface area contributed by atoms with Crippen molar-refractivity contribution in [1.29, 1.82) is 0 Å². The second kappa shape index (κ2) is 8.42. The number of anilines is 1. The minimum Gasteiger partial charge on any atom is -0.357 e. The number of benzene rings is 3. The van der Waals surface area contributed by atoms with E-state index in [1.54, 1.807) is 6.07 Å². The van der Waals surface area contributed by atoms with E-state index in [1.807, 2.05) is 30.3 Å². The van der Waals surface area contributed by atoms with Crippen LogP contribution in [0.25, 0.3) is 10.9 Å². The van der Waals surface area contributed by atoms with Gasteiger partial charge in [0, 0.05) is 47.2 Å². The number of aromatic nitrogens is 1. The van der Waals surface area contributed by atoms with Gasteiger partial charge in [0.2, 0.25) is 5.91 Å². The lowest BCUT2D eigenvalue weighted by molar-refractivity contribution is -0.384. The van der Waals surface area contributed by atoms with Crippen molar-refractivity contribution >= 4 is 34.1 Å². The first-order valence-corrected chi connectivity index (χ1v) is 12.0. The highest BCUT2D eigenvalue weighted by Gasteiger charge is 2.47. The molecule has 0 radical (unpaired) electrons. The van der Waals surface area contributed by atoms with Gasteiger partial charge < -0.3 is 4.98 Å². The Bertz CT molecular complexity index is 1510. The fourth-order valence-electron chi connectivity index (χ4n) is 5.76. The molecule has 3 heterocycles. The molecule has 2 aliphatic rings. The van der Waals surface area contributed by atoms with Crippen molar-refractivity contribution in [2.45, 2.75) is 31.3 Å². The minimum absolute atomic E-state index is 0.0170. The summed E-state index contributed by atoms with van der Waals surface area (Å²) < 4.78 is 0. The maximum absolute atomic E-state index is 13.7. The third kappa shape index (κ3) is 3.41. The highest BCUT2D eigenvalue weighted by molar-refractivity contribution is 6.22. The molecular weight excluding hydrogens is 456 g/mol. The summed E-state index contributed by atoms with van der Waals surface area (Å²) in [5.74, 6) is -0.682. The number of carbonyl (C=O) groups excluding carboxylic acids is 2. The van der Waals surface area contributed by atoms with E-state index >= 15 is 0 Å². The number of hydrogen-bond acceptors (Lipinski definition) is 5. The number of fused-ring (bicyclic) bond motifs is 3. The number of rotatable bonds is 4. The summed E-state index contributed by atoms with van der Waals surface area (Å²) in [6, 6.07) is 23.3. The van der Waals surface area contributed by atoms with Gasteiger partial charge in [0.25, 0.3) is 11.6 Å². The van der Waals surface area contributed by atoms with Gasteiger partial charge in [-0.15, -0.1) is 0 Å². The smallest absolute Gasteiger partial charge is 0.271 e. The number of nitrogens with one attached hydrogen (secondary N) is 1. The number of nitro groups is 1. The maximum Gasteiger partial charge on any atom is 0.271 e. The van der Waals surface area contributed by atoms with Gasteiger partial charge in [0.15, 0.2) is 0 Å². The Morgan fingerprint density at radius 1 is 0.972 bits per heavy atom. The molecule has 0 spiro atoms. The van der Waals surface area contributed by atoms with Crippen LogP contribution in [-0.4, -0.2) is 39.2 Å². The quantitative estimate of drug-likeness (QED) is 0.254. The summed E-state index contributed by atoms with van der Waals surface area (Å²) in [6.45, 7) is 2.63. The summed E-state index contributed by atoms with van der Waals surface area (Å²) in [6.07, 6.45) is 0.0307. The average Bonchev–Trinajstić information content (AvgIpc) is 3.42. The van der Waals surface area contributed by atoms with Crippen LogP contribution in [0.3, 0.4) is 0 Å². The van der Waals surface area contributed by atoms with E-state index in [2.05, 4.69) is 41.1 Å². The summed E-state index contributed by atoms with van der Waals surface area (Å²) in [4.78, 5) is 44.2. The number of carbonyl (C=O) groups is 2. The number of H-pyrrole nitrogens is 1. The summed E-state index contributed by atoms with van der Waals surface area (Å²) in [5.41, 5.74) is 4.54. The molecule has 8 heteroatoms. The van der Waals surface area contributed by atoms with Crippen molar-refractivity contribution in [2.24, 2.45) is 0 Å². The van der Waals surface area contributed by atoms with Gasteiger partial charge in [-0.05, 0) is 30.2 Å². The fraction of sp³-hybridized carbons (Fsp3) is 0.214. The SMILES string of the molecule is CC1c2[nH]c3ccccc3c2C(c2ccccc2)CN1C1CC(=O)N(c2cccc([N+](=O)[O-])c2)C1=O. The van der Waals surface area contributed by atoms with Crippen molar-refractivity contribution in [3.05, 3.63) is 106 Å². The van der Waals surface area contributed by atoms with E-state index in [9.17, 15) is 19.7 Å². The standard InChI is InChI=1S/C28H24N4O4/c1-17-27-26(21-12-5-6-13-23(21)29-27)22(18-8-3-2-4-9-18)16-30(17)24-15-25(33)31(28(24)34)19-10-7-11-20(14-19)32(35)36/h2-14,17,22,24,29H,15-16H2,1H3. The first kappa shape index (κ1) is 22.2. The van der Waals surface area contributed by atoms with Crippen molar-refractivity contribution in [2.75, 3.05) is 11.4 Å². The van der Waals surface area contributed by atoms with Crippen LogP contribution in [0, 0.1) is 10.1 Å². The molecule has 4 aromatic rings. The summed E-state index contributed by atoms with van der Waals surface area (Å²) in [5, 5.41) is 12.4. The molecule has 1 fully saturated rings. The third-order valence-electron chi connectivity index (χ3n) is 7.46. The molecule has 1 N–H and O–H groups in total. The predicted octanol–water partition coefficient (Wildman–Crippen LogP) is 4.92. The summed E-state index contributed by atoms with van der Waals surface area (Å²) in [7, 11) is 0. The monoisotopic (exact) mass is 480 g/mol. The predicted molar refractivity (Wildman–Crippen MR) is 136 cm³/mol. The Hall–Kier alpha value is -4.30. The lowest BCUT2D eigenvalue weighted by Gasteiger charge is -2.40. The lowest BCUT2D eigenvalue weighted by atomic mass is 9.83. The van der Waals surface area contributed by atoms with Gasteiger partial charge in [-0.25, -0.2) is 4.90 Å². The van der Waals surface area contributed by atoms with Gasteiger partial charge in [0.05, 0.1) is 23.1 Å². The van der Waals surface area contributed by atoms with Gasteiger partial charge in [-0.3, -0.25) is 24.6 Å². The molecule has 8 nitrogen and oxygen atoms in total. The second-order valence-electron chi connectivity index (χ2n) is 9.40. The Morgan fingerprint density at radius 3 is 2.50 bits per heavy atom. The number of hydrogen-bond donors (Lipinski definition) is 1. The molecule has 180 valence electrons. The molecule has 3 atom stereocenters. The van der Waals surface area contributed by atoms with Gasteiger partial charge in [-0.1, -0.05) is 54.6 Å². The number of non-ortho nitro benzene ring substituents is 1. The Kier molecular flexibility index (Phi) is 5.19. The second-order valence-corrected chi connectivity index (χ2v) is 9.40. The van der Waals surface area contributed by atoms with Crippen molar-refractivity contribution in [3.63, 3.8) is 0 Å². The van der Waals surface area contributed by atoms with Crippen LogP contribution in [-0.2, 0) is 9.59 Å². The van der Waals surface area contributed by atoms with E-state index in [4.69, 9.17) is 0 Å². The Balaban J connectivity index is 1.41. The largest absolute Gasteiger partial charge is 0.357 e. The van der Waals surface area contributed by atoms with Crippen LogP contribution in [0.1, 0.15) is 42.1 Å². The Labute approximate surface area is 207 Å². The van der Waals surface area contributed by atoms with Crippen molar-refractivity contribution in [3.8, 4) is 0 Å². The number of nitro benzene ring substituents is 1. The number of imide groups is 1. The number of amides is 2. The van der Waals surface area contributed by atoms with Gasteiger partial charge >= 0.3 is 0 Å². The van der Waals surface area contributed by atoms with Crippen molar-refractivity contribution in [1.82, 2.24) is 9.88 Å². The van der Waals surface area contributed by atoms with E-state index in [0.29, 0.717) is 6.54 Å². The molecule has 1 aromatic heterocycles. The zero-order valence-corrected chi connectivity index (χ0v) is 19.6. The van der Waals surface area contributed by atoms with Crippen LogP contribution in [0.2, 0.25) is 0 Å². The summed E-state index contributed by atoms with van der Waals surface area (Å²) >= 11 is 0. The number of aromatic amines is 1. The van der Waals surface area contributed by atoms with E-state index < -0.39 is 11.0 Å². The van der Waals surface area contributed by atoms with Gasteiger partial charge in [-0.2, -0.15) is 0 Å². The van der Waals surface area contributed by atoms with Crippen LogP contribution in [0.4, 0.5) is 11.4 Å². The maximum atomic E-state index is 13.7. The van der Waals surface area contributed by atoms with E-state index in [-0.39, 0.29) is 41.6 Å². The lowest BCUT2D eigenvalue weighted by Crippen LogP contribution is -2.47. The van der Waals surface area contributed by atoms with Crippen LogP contribution < -0.4 is 4.90 Å². The zero-order valence-electron chi connectivity index (χ0n) is 19.6. The minimum atomic E-state index is -0.655. The van der Waals surface area contributed by atoms with E-state index in [0.717, 1.165) is 21.7 Å². The third-order valence-corrected chi connectivity index (χ3v) is 7.46. The molecule has 0 aliphatic carbocycles. The molecule has 6 rings (SSSR count). The average molecular weight is 481 g/mol. The van der Waals surface area contributed by atoms with Gasteiger partial charge in [0.1, 0.15) is 0 Å². The molecule has 36 heavy (non-hydrogen) atoms. The van der Waals surface area contributed by atoms with E-state index in [1.165, 1.54) is 29.1 Å². The molecule has 2 amide bonds. The van der Waals surface area contributed by atoms with Crippen LogP contribution in [0.5, 0.6) is 0 Å². The van der Waals surface area contributed by atoms with Crippen molar-refractivity contribution < 1.29 is 14.5 Å². The highest BCUT2D eigenvalue weighted by Crippen LogP contribution is 2.45. The highest BCUT2D eigenvalue weighted by atomic mass is 16.6. The first-order chi connectivity index (χ1) is 17.4. The zero-order chi connectivity index (χ0) is 25.0. The molecule has 0 bridgehead atoms. The molecular formula is C28H24N4O4. The van der Waals surface area contributed by atoms with Crippen LogP contribution in [0.15, 0.2) is 78.9 Å². The molecule has 3 unspecified atom stereocenters. The number of nitrogens with zero attached hydrogens (tertiary/aromatic N) is 3. The van der Waals surface area contributed by atoms with Crippen LogP contribution >= 0.6 is 0 Å².